The predicted molar refractivity (Wildman–Crippen MR) is 157 cm³/mol. The average Bonchev–Trinajstić information content (AvgIpc) is 3.48. The molecule has 11 nitrogen and oxygen atoms in total. The Labute approximate surface area is 245 Å². The number of nitrogens with zero attached hydrogens (tertiary/aromatic N) is 5. The number of carbonyl (C=O) groups is 2. The summed E-state index contributed by atoms with van der Waals surface area (Å²) >= 11 is 0. The molecule has 1 aromatic heterocycles. The fraction of sp³-hybridized carbons (Fsp3) is 0.419. The molecule has 2 aromatic carbocycles. The highest BCUT2D eigenvalue weighted by molar-refractivity contribution is 5.85. The average molecular weight is 576 g/mol. The second kappa shape index (κ2) is 13.0. The molecular weight excluding hydrogens is 538 g/mol. The summed E-state index contributed by atoms with van der Waals surface area (Å²) in [4.78, 5) is 32.0. The van der Waals surface area contributed by atoms with Gasteiger partial charge in [0, 0.05) is 50.8 Å². The number of aromatic nitrogens is 2. The second-order valence-corrected chi connectivity index (χ2v) is 10.7. The molecule has 2 aliphatic rings. The number of amides is 2. The molecule has 222 valence electrons. The van der Waals surface area contributed by atoms with Crippen LogP contribution in [0.3, 0.4) is 0 Å². The summed E-state index contributed by atoms with van der Waals surface area (Å²) in [6.45, 7) is 6.84. The number of fused-ring (bicyclic) bond motifs is 1. The van der Waals surface area contributed by atoms with E-state index in [0.717, 1.165) is 16.9 Å². The van der Waals surface area contributed by atoms with Crippen molar-refractivity contribution in [1.29, 1.82) is 0 Å². The van der Waals surface area contributed by atoms with Gasteiger partial charge in [0.25, 0.3) is 0 Å². The van der Waals surface area contributed by atoms with E-state index in [9.17, 15) is 9.59 Å². The third-order valence-electron chi connectivity index (χ3n) is 7.36. The molecule has 0 atom stereocenters. The van der Waals surface area contributed by atoms with Crippen LogP contribution in [-0.2, 0) is 16.1 Å². The summed E-state index contributed by atoms with van der Waals surface area (Å²) in [5.41, 5.74) is 2.41. The van der Waals surface area contributed by atoms with Gasteiger partial charge in [0.05, 0.1) is 19.9 Å². The highest BCUT2D eigenvalue weighted by Gasteiger charge is 2.26. The van der Waals surface area contributed by atoms with Crippen molar-refractivity contribution in [3.8, 4) is 34.3 Å². The highest BCUT2D eigenvalue weighted by Crippen LogP contribution is 2.34. The van der Waals surface area contributed by atoms with Crippen molar-refractivity contribution in [2.75, 3.05) is 58.6 Å². The van der Waals surface area contributed by atoms with Gasteiger partial charge in [-0.1, -0.05) is 19.9 Å². The molecular formula is C31H37N5O6. The van der Waals surface area contributed by atoms with Crippen LogP contribution < -0.4 is 23.8 Å². The van der Waals surface area contributed by atoms with Gasteiger partial charge in [-0.15, -0.1) is 10.2 Å². The van der Waals surface area contributed by atoms with Crippen LogP contribution in [0.2, 0.25) is 0 Å². The van der Waals surface area contributed by atoms with Crippen LogP contribution in [0.15, 0.2) is 48.5 Å². The molecule has 2 amide bonds. The smallest absolute Gasteiger partial charge is 0.242 e. The van der Waals surface area contributed by atoms with Gasteiger partial charge < -0.3 is 33.6 Å². The van der Waals surface area contributed by atoms with Gasteiger partial charge in [0.15, 0.2) is 17.3 Å². The first-order chi connectivity index (χ1) is 20.3. The molecule has 3 heterocycles. The molecule has 0 spiro atoms. The quantitative estimate of drug-likeness (QED) is 0.358. The third kappa shape index (κ3) is 6.67. The van der Waals surface area contributed by atoms with E-state index in [-0.39, 0.29) is 31.1 Å². The lowest BCUT2D eigenvalue weighted by Crippen LogP contribution is -2.52. The Bertz CT molecular complexity index is 1410. The lowest BCUT2D eigenvalue weighted by atomic mass is 10.1. The Balaban J connectivity index is 1.20. The number of ether oxygens (including phenoxy) is 4. The number of hydrogen-bond donors (Lipinski definition) is 0. The van der Waals surface area contributed by atoms with Crippen LogP contribution in [0.1, 0.15) is 25.8 Å². The monoisotopic (exact) mass is 575 g/mol. The second-order valence-electron chi connectivity index (χ2n) is 10.7. The zero-order chi connectivity index (χ0) is 29.6. The van der Waals surface area contributed by atoms with Gasteiger partial charge >= 0.3 is 0 Å². The highest BCUT2D eigenvalue weighted by atomic mass is 16.7. The Morgan fingerprint density at radius 1 is 0.929 bits per heavy atom. The van der Waals surface area contributed by atoms with Gasteiger partial charge in [-0.05, 0) is 47.9 Å². The lowest BCUT2D eigenvalue weighted by molar-refractivity contribution is -0.141. The van der Waals surface area contributed by atoms with Crippen LogP contribution >= 0.6 is 0 Å². The maximum Gasteiger partial charge on any atom is 0.242 e. The van der Waals surface area contributed by atoms with Crippen molar-refractivity contribution in [2.24, 2.45) is 5.92 Å². The summed E-state index contributed by atoms with van der Waals surface area (Å²) in [7, 11) is 3.22. The van der Waals surface area contributed by atoms with Crippen molar-refractivity contribution >= 4 is 17.6 Å². The number of carbonyl (C=O) groups excluding carboxylic acids is 2. The molecule has 11 heteroatoms. The Morgan fingerprint density at radius 3 is 2.40 bits per heavy atom. The minimum Gasteiger partial charge on any atom is -0.497 e. The van der Waals surface area contributed by atoms with E-state index >= 15 is 0 Å². The summed E-state index contributed by atoms with van der Waals surface area (Å²) in [5.74, 6) is 3.52. The molecule has 3 aromatic rings. The van der Waals surface area contributed by atoms with Crippen molar-refractivity contribution in [2.45, 2.75) is 26.8 Å². The number of piperazine rings is 1. The van der Waals surface area contributed by atoms with E-state index in [1.807, 2.05) is 67.3 Å². The molecule has 2 aliphatic heterocycles. The zero-order valence-electron chi connectivity index (χ0n) is 24.5. The number of rotatable bonds is 10. The van der Waals surface area contributed by atoms with Gasteiger partial charge in [-0.25, -0.2) is 0 Å². The fourth-order valence-electron chi connectivity index (χ4n) is 5.07. The normalized spacial score (nSPS) is 14.2. The number of anilines is 1. The summed E-state index contributed by atoms with van der Waals surface area (Å²) in [5, 5.41) is 8.88. The molecule has 5 rings (SSSR count). The molecule has 1 saturated heterocycles. The topological polar surface area (TPSA) is 107 Å². The number of benzene rings is 2. The Hall–Kier alpha value is -4.54. The van der Waals surface area contributed by atoms with Gasteiger partial charge in [0.2, 0.25) is 18.6 Å². The third-order valence-corrected chi connectivity index (χ3v) is 7.36. The minimum atomic E-state index is -0.0690. The molecule has 0 unspecified atom stereocenters. The molecule has 1 fully saturated rings. The summed E-state index contributed by atoms with van der Waals surface area (Å²) < 4.78 is 21.7. The number of methoxy groups -OCH3 is 2. The number of hydrogen-bond acceptors (Lipinski definition) is 9. The van der Waals surface area contributed by atoms with Crippen molar-refractivity contribution in [1.82, 2.24) is 20.0 Å². The zero-order valence-corrected chi connectivity index (χ0v) is 24.5. The van der Waals surface area contributed by atoms with E-state index in [4.69, 9.17) is 18.9 Å². The van der Waals surface area contributed by atoms with Crippen molar-refractivity contribution < 1.29 is 28.5 Å². The van der Waals surface area contributed by atoms with Crippen LogP contribution in [0, 0.1) is 5.92 Å². The fourth-order valence-corrected chi connectivity index (χ4v) is 5.07. The van der Waals surface area contributed by atoms with Gasteiger partial charge in [-0.3, -0.25) is 9.59 Å². The maximum atomic E-state index is 13.3. The lowest BCUT2D eigenvalue weighted by Gasteiger charge is -2.36. The Kier molecular flexibility index (Phi) is 8.94. The SMILES string of the molecule is COc1ccc(-c2ccc(N3CCN(C(=O)CN(Cc4ccc5c(c4)OCO5)C(=O)CC(C)C)CC3)nn2)c(OC)c1. The van der Waals surface area contributed by atoms with E-state index < -0.39 is 0 Å². The van der Waals surface area contributed by atoms with Gasteiger partial charge in [-0.2, -0.15) is 0 Å². The molecule has 0 radical (unpaired) electrons. The largest absolute Gasteiger partial charge is 0.497 e. The van der Waals surface area contributed by atoms with E-state index in [1.54, 1.807) is 19.1 Å². The molecule has 0 bridgehead atoms. The van der Waals surface area contributed by atoms with Crippen molar-refractivity contribution in [3.63, 3.8) is 0 Å². The standard InChI is InChI=1S/C31H37N5O6/c1-21(2)15-30(37)36(18-22-5-9-26-28(16-22)42-20-41-26)19-31(38)35-13-11-34(12-14-35)29-10-8-25(32-33-29)24-7-6-23(39-3)17-27(24)40-4/h5-10,16-17,21H,11-15,18-20H2,1-4H3. The van der Waals surface area contributed by atoms with Gasteiger partial charge in [0.1, 0.15) is 18.0 Å². The molecule has 42 heavy (non-hydrogen) atoms. The molecule has 0 aliphatic carbocycles. The predicted octanol–water partition coefficient (Wildman–Crippen LogP) is 3.61. The molecule has 0 saturated carbocycles. The van der Waals surface area contributed by atoms with E-state index in [0.29, 0.717) is 67.8 Å². The van der Waals surface area contributed by atoms with Crippen LogP contribution in [0.5, 0.6) is 23.0 Å². The molecule has 0 N–H and O–H groups in total. The van der Waals surface area contributed by atoms with Crippen molar-refractivity contribution in [3.05, 3.63) is 54.1 Å². The van der Waals surface area contributed by atoms with E-state index in [2.05, 4.69) is 15.1 Å². The van der Waals surface area contributed by atoms with Crippen LogP contribution in [-0.4, -0.2) is 85.5 Å². The Morgan fingerprint density at radius 2 is 1.71 bits per heavy atom. The maximum absolute atomic E-state index is 13.3. The van der Waals surface area contributed by atoms with Crippen LogP contribution in [0.4, 0.5) is 5.82 Å². The van der Waals surface area contributed by atoms with Crippen LogP contribution in [0.25, 0.3) is 11.3 Å². The van der Waals surface area contributed by atoms with E-state index in [1.165, 1.54) is 0 Å². The first-order valence-electron chi connectivity index (χ1n) is 14.1. The summed E-state index contributed by atoms with van der Waals surface area (Å²) in [6, 6.07) is 15.0. The minimum absolute atomic E-state index is 0.0260. The first kappa shape index (κ1) is 29.0. The summed E-state index contributed by atoms with van der Waals surface area (Å²) in [6.07, 6.45) is 0.378. The first-order valence-corrected chi connectivity index (χ1v) is 14.1.